The monoisotopic (exact) mass is 421 g/mol. The lowest BCUT2D eigenvalue weighted by Crippen LogP contribution is -2.33. The summed E-state index contributed by atoms with van der Waals surface area (Å²) in [6, 6.07) is 10.2. The van der Waals surface area contributed by atoms with E-state index in [2.05, 4.69) is 15.9 Å². The highest BCUT2D eigenvalue weighted by Crippen LogP contribution is 2.39. The molecule has 0 saturated heterocycles. The Morgan fingerprint density at radius 1 is 1.32 bits per heavy atom. The number of carbonyl (C=O) groups is 2. The van der Waals surface area contributed by atoms with Crippen LogP contribution in [0.5, 0.6) is 0 Å². The van der Waals surface area contributed by atoms with Gasteiger partial charge in [-0.3, -0.25) is 9.59 Å². The van der Waals surface area contributed by atoms with Gasteiger partial charge in [-0.15, -0.1) is 11.3 Å². The average Bonchev–Trinajstić information content (AvgIpc) is 3.22. The van der Waals surface area contributed by atoms with E-state index < -0.39 is 17.7 Å². The molecule has 0 radical (unpaired) electrons. The van der Waals surface area contributed by atoms with Crippen LogP contribution in [-0.4, -0.2) is 42.0 Å². The van der Waals surface area contributed by atoms with E-state index in [1.165, 1.54) is 16.2 Å². The number of nitrogens with zero attached hydrogens (tertiary/aromatic N) is 1. The van der Waals surface area contributed by atoms with Crippen molar-refractivity contribution in [2.45, 2.75) is 6.04 Å². The van der Waals surface area contributed by atoms with Crippen LogP contribution in [0, 0.1) is 0 Å². The zero-order valence-electron chi connectivity index (χ0n) is 13.4. The molecule has 1 N–H and O–H groups in total. The molecule has 2 aromatic rings. The summed E-state index contributed by atoms with van der Waals surface area (Å²) in [5.74, 6) is -1.36. The van der Waals surface area contributed by atoms with Crippen LogP contribution in [0.1, 0.15) is 21.3 Å². The van der Waals surface area contributed by atoms with Crippen LogP contribution in [0.4, 0.5) is 0 Å². The van der Waals surface area contributed by atoms with Crippen LogP contribution >= 0.6 is 27.3 Å². The number of aliphatic hydroxyl groups is 1. The van der Waals surface area contributed by atoms with E-state index in [0.29, 0.717) is 11.5 Å². The van der Waals surface area contributed by atoms with E-state index >= 15 is 0 Å². The van der Waals surface area contributed by atoms with Gasteiger partial charge in [0, 0.05) is 18.1 Å². The zero-order valence-corrected chi connectivity index (χ0v) is 15.8. The minimum atomic E-state index is -0.634. The first-order valence-electron chi connectivity index (χ1n) is 7.61. The quantitative estimate of drug-likeness (QED) is 0.721. The SMILES string of the molecule is COCCN1C(=O)C(O)=C(C(=O)c2cccs2)[C@@H]1c1ccc(Br)cc1. The molecule has 1 aliphatic rings. The van der Waals surface area contributed by atoms with Gasteiger partial charge in [-0.05, 0) is 29.1 Å². The number of halogens is 1. The van der Waals surface area contributed by atoms with E-state index in [0.717, 1.165) is 10.0 Å². The first kappa shape index (κ1) is 17.8. The lowest BCUT2D eigenvalue weighted by atomic mass is 9.95. The average molecular weight is 422 g/mol. The molecule has 1 aromatic carbocycles. The van der Waals surface area contributed by atoms with Gasteiger partial charge in [0.25, 0.3) is 5.91 Å². The standard InChI is InChI=1S/C18H16BrNO4S/c1-24-9-8-20-15(11-4-6-12(19)7-5-11)14(17(22)18(20)23)16(21)13-3-2-10-25-13/h2-7,10,15,22H,8-9H2,1H3/t15-/m0/s1. The largest absolute Gasteiger partial charge is 0.503 e. The number of hydrogen-bond donors (Lipinski definition) is 1. The molecule has 1 amide bonds. The normalized spacial score (nSPS) is 17.4. The molecule has 25 heavy (non-hydrogen) atoms. The van der Waals surface area contributed by atoms with Crippen LogP contribution < -0.4 is 0 Å². The minimum Gasteiger partial charge on any atom is -0.503 e. The van der Waals surface area contributed by atoms with Crippen molar-refractivity contribution in [1.29, 1.82) is 0 Å². The maximum Gasteiger partial charge on any atom is 0.290 e. The van der Waals surface area contributed by atoms with E-state index in [4.69, 9.17) is 4.74 Å². The Balaban J connectivity index is 2.06. The summed E-state index contributed by atoms with van der Waals surface area (Å²) in [4.78, 5) is 27.4. The third-order valence-corrected chi connectivity index (χ3v) is 5.41. The molecule has 0 fully saturated rings. The summed E-state index contributed by atoms with van der Waals surface area (Å²) < 4.78 is 5.97. The Labute approximate surface area is 157 Å². The number of Topliss-reactive ketones (excluding diaryl/α,β-unsaturated/α-hetero) is 1. The van der Waals surface area contributed by atoms with Crippen molar-refractivity contribution in [3.05, 3.63) is 68.0 Å². The molecule has 1 atom stereocenters. The molecule has 1 aliphatic heterocycles. The second-order valence-corrected chi connectivity index (χ2v) is 7.38. The predicted molar refractivity (Wildman–Crippen MR) is 98.8 cm³/mol. The molecular formula is C18H16BrNO4S. The molecule has 3 rings (SSSR count). The summed E-state index contributed by atoms with van der Waals surface area (Å²) in [5, 5.41) is 12.2. The molecule has 5 nitrogen and oxygen atoms in total. The van der Waals surface area contributed by atoms with Crippen molar-refractivity contribution in [2.75, 3.05) is 20.3 Å². The van der Waals surface area contributed by atoms with Crippen molar-refractivity contribution in [2.24, 2.45) is 0 Å². The van der Waals surface area contributed by atoms with Gasteiger partial charge < -0.3 is 14.7 Å². The topological polar surface area (TPSA) is 66.8 Å². The number of aliphatic hydroxyl groups excluding tert-OH is 1. The van der Waals surface area contributed by atoms with Crippen molar-refractivity contribution >= 4 is 39.0 Å². The van der Waals surface area contributed by atoms with Crippen LogP contribution in [0.15, 0.2) is 57.6 Å². The van der Waals surface area contributed by atoms with Gasteiger partial charge in [0.1, 0.15) is 0 Å². The van der Waals surface area contributed by atoms with Crippen molar-refractivity contribution in [3.63, 3.8) is 0 Å². The maximum atomic E-state index is 12.9. The lowest BCUT2D eigenvalue weighted by Gasteiger charge is -2.26. The number of thiophene rings is 1. The Morgan fingerprint density at radius 2 is 2.04 bits per heavy atom. The summed E-state index contributed by atoms with van der Waals surface area (Å²) in [6.45, 7) is 0.591. The minimum absolute atomic E-state index is 0.117. The van der Waals surface area contributed by atoms with Crippen LogP contribution in [0.3, 0.4) is 0 Å². The van der Waals surface area contributed by atoms with E-state index in [1.807, 2.05) is 24.3 Å². The van der Waals surface area contributed by atoms with E-state index in [9.17, 15) is 14.7 Å². The number of rotatable bonds is 6. The maximum absolute atomic E-state index is 12.9. The number of methoxy groups -OCH3 is 1. The van der Waals surface area contributed by atoms with Gasteiger partial charge >= 0.3 is 0 Å². The molecule has 1 aromatic heterocycles. The molecule has 130 valence electrons. The molecule has 2 heterocycles. The van der Waals surface area contributed by atoms with Crippen LogP contribution in [0.2, 0.25) is 0 Å². The number of benzene rings is 1. The molecule has 7 heteroatoms. The second-order valence-electron chi connectivity index (χ2n) is 5.51. The van der Waals surface area contributed by atoms with Gasteiger partial charge in [-0.25, -0.2) is 0 Å². The lowest BCUT2D eigenvalue weighted by molar-refractivity contribution is -0.130. The van der Waals surface area contributed by atoms with Crippen LogP contribution in [0.25, 0.3) is 0 Å². The fourth-order valence-electron chi connectivity index (χ4n) is 2.84. The van der Waals surface area contributed by atoms with Crippen molar-refractivity contribution < 1.29 is 19.4 Å². The molecule has 0 aliphatic carbocycles. The molecular weight excluding hydrogens is 406 g/mol. The number of amides is 1. The summed E-state index contributed by atoms with van der Waals surface area (Å²) in [6.07, 6.45) is 0. The zero-order chi connectivity index (χ0) is 18.0. The van der Waals surface area contributed by atoms with Crippen LogP contribution in [-0.2, 0) is 9.53 Å². The number of ketones is 1. The highest BCUT2D eigenvalue weighted by atomic mass is 79.9. The third-order valence-electron chi connectivity index (χ3n) is 4.02. The fraction of sp³-hybridized carbons (Fsp3) is 0.222. The Kier molecular flexibility index (Phi) is 5.36. The predicted octanol–water partition coefficient (Wildman–Crippen LogP) is 3.74. The Bertz CT molecular complexity index is 814. The number of carbonyl (C=O) groups excluding carboxylic acids is 2. The fourth-order valence-corrected chi connectivity index (χ4v) is 3.78. The molecule has 0 saturated carbocycles. The van der Waals surface area contributed by atoms with Crippen molar-refractivity contribution in [3.8, 4) is 0 Å². The number of hydrogen-bond acceptors (Lipinski definition) is 5. The summed E-state index contributed by atoms with van der Waals surface area (Å²) in [7, 11) is 1.54. The molecule has 0 bridgehead atoms. The second kappa shape index (κ2) is 7.51. The smallest absolute Gasteiger partial charge is 0.290 e. The van der Waals surface area contributed by atoms with Gasteiger partial charge in [0.2, 0.25) is 5.78 Å². The van der Waals surface area contributed by atoms with E-state index in [-0.39, 0.29) is 17.9 Å². The molecule has 0 unspecified atom stereocenters. The first-order chi connectivity index (χ1) is 12.0. The molecule has 0 spiro atoms. The number of ether oxygens (including phenoxy) is 1. The summed E-state index contributed by atoms with van der Waals surface area (Å²) in [5.41, 5.74) is 0.877. The summed E-state index contributed by atoms with van der Waals surface area (Å²) >= 11 is 4.67. The van der Waals surface area contributed by atoms with Gasteiger partial charge in [-0.1, -0.05) is 34.1 Å². The van der Waals surface area contributed by atoms with Crippen molar-refractivity contribution in [1.82, 2.24) is 4.90 Å². The Hall–Kier alpha value is -1.96. The van der Waals surface area contributed by atoms with Gasteiger partial charge in [-0.2, -0.15) is 0 Å². The third kappa shape index (κ3) is 3.40. The Morgan fingerprint density at radius 3 is 2.64 bits per heavy atom. The highest BCUT2D eigenvalue weighted by Gasteiger charge is 2.43. The van der Waals surface area contributed by atoms with Gasteiger partial charge in [0.05, 0.1) is 23.1 Å². The van der Waals surface area contributed by atoms with E-state index in [1.54, 1.807) is 24.6 Å². The first-order valence-corrected chi connectivity index (χ1v) is 9.28. The highest BCUT2D eigenvalue weighted by molar-refractivity contribution is 9.10. The van der Waals surface area contributed by atoms with Gasteiger partial charge in [0.15, 0.2) is 5.76 Å².